The highest BCUT2D eigenvalue weighted by Gasteiger charge is 2.09. The molecular weight excluding hydrogens is 372 g/mol. The first-order valence-electron chi connectivity index (χ1n) is 5.98. The fourth-order valence-corrected chi connectivity index (χ4v) is 2.34. The number of halogens is 2. The summed E-state index contributed by atoms with van der Waals surface area (Å²) in [5.74, 6) is 1.53. The van der Waals surface area contributed by atoms with Gasteiger partial charge in [0.15, 0.2) is 0 Å². The van der Waals surface area contributed by atoms with Crippen molar-refractivity contribution in [1.82, 2.24) is 9.97 Å². The molecule has 0 aliphatic rings. The first-order chi connectivity index (χ1) is 9.22. The molecule has 0 unspecified atom stereocenters. The number of aromatic nitrogens is 2. The number of rotatable bonds is 5. The quantitative estimate of drug-likeness (QED) is 0.791. The fourth-order valence-electron chi connectivity index (χ4n) is 1.51. The highest BCUT2D eigenvalue weighted by Crippen LogP contribution is 2.31. The van der Waals surface area contributed by atoms with Gasteiger partial charge in [-0.3, -0.25) is 0 Å². The molecule has 1 heterocycles. The summed E-state index contributed by atoms with van der Waals surface area (Å²) in [6.07, 6.45) is 2.59. The molecule has 0 radical (unpaired) electrons. The van der Waals surface area contributed by atoms with E-state index in [1.54, 1.807) is 6.33 Å². The summed E-state index contributed by atoms with van der Waals surface area (Å²) in [6.45, 7) is 2.99. The molecule has 0 aliphatic heterocycles. The predicted octanol–water partition coefficient (Wildman–Crippen LogP) is 4.57. The van der Waals surface area contributed by atoms with Gasteiger partial charge in [0.2, 0.25) is 0 Å². The SMILES string of the molecule is CCCNc1ncnc(Nc2ccccc2Br)c1Br. The van der Waals surface area contributed by atoms with E-state index in [1.165, 1.54) is 0 Å². The smallest absolute Gasteiger partial charge is 0.150 e. The van der Waals surface area contributed by atoms with Crippen molar-refractivity contribution in [3.05, 3.63) is 39.5 Å². The Balaban J connectivity index is 2.23. The van der Waals surface area contributed by atoms with Gasteiger partial charge in [-0.2, -0.15) is 0 Å². The maximum atomic E-state index is 4.25. The Bertz CT molecular complexity index is 560. The van der Waals surface area contributed by atoms with E-state index in [0.717, 1.165) is 39.2 Å². The lowest BCUT2D eigenvalue weighted by Gasteiger charge is -2.12. The third kappa shape index (κ3) is 3.67. The van der Waals surface area contributed by atoms with Gasteiger partial charge < -0.3 is 10.6 Å². The molecule has 2 N–H and O–H groups in total. The van der Waals surface area contributed by atoms with Gasteiger partial charge in [-0.25, -0.2) is 9.97 Å². The van der Waals surface area contributed by atoms with Gasteiger partial charge in [0.1, 0.15) is 22.4 Å². The molecule has 0 atom stereocenters. The highest BCUT2D eigenvalue weighted by atomic mass is 79.9. The maximum absolute atomic E-state index is 4.25. The zero-order valence-electron chi connectivity index (χ0n) is 10.5. The summed E-state index contributed by atoms with van der Waals surface area (Å²) in [4.78, 5) is 8.47. The second-order valence-electron chi connectivity index (χ2n) is 3.92. The monoisotopic (exact) mass is 384 g/mol. The van der Waals surface area contributed by atoms with Crippen LogP contribution in [0.5, 0.6) is 0 Å². The number of hydrogen-bond donors (Lipinski definition) is 2. The summed E-state index contributed by atoms with van der Waals surface area (Å²) in [5, 5.41) is 6.53. The molecule has 2 rings (SSSR count). The molecule has 0 spiro atoms. The van der Waals surface area contributed by atoms with Crippen LogP contribution >= 0.6 is 31.9 Å². The summed E-state index contributed by atoms with van der Waals surface area (Å²) >= 11 is 7.03. The zero-order valence-corrected chi connectivity index (χ0v) is 13.6. The van der Waals surface area contributed by atoms with E-state index >= 15 is 0 Å². The zero-order chi connectivity index (χ0) is 13.7. The molecule has 100 valence electrons. The number of benzene rings is 1. The van der Waals surface area contributed by atoms with E-state index in [1.807, 2.05) is 24.3 Å². The van der Waals surface area contributed by atoms with Gasteiger partial charge in [0.05, 0.1) is 5.69 Å². The van der Waals surface area contributed by atoms with Crippen LogP contribution in [0.3, 0.4) is 0 Å². The van der Waals surface area contributed by atoms with Crippen molar-refractivity contribution in [3.8, 4) is 0 Å². The number of nitrogens with one attached hydrogen (secondary N) is 2. The number of anilines is 3. The van der Waals surface area contributed by atoms with Crippen LogP contribution in [0, 0.1) is 0 Å². The normalized spacial score (nSPS) is 10.3. The number of nitrogens with zero attached hydrogens (tertiary/aromatic N) is 2. The Kier molecular flexibility index (Phi) is 5.15. The van der Waals surface area contributed by atoms with Crippen molar-refractivity contribution in [2.24, 2.45) is 0 Å². The van der Waals surface area contributed by atoms with Crippen molar-refractivity contribution in [3.63, 3.8) is 0 Å². The Hall–Kier alpha value is -1.14. The third-order valence-electron chi connectivity index (χ3n) is 2.46. The van der Waals surface area contributed by atoms with E-state index in [-0.39, 0.29) is 0 Å². The van der Waals surface area contributed by atoms with Crippen LogP contribution in [0.1, 0.15) is 13.3 Å². The van der Waals surface area contributed by atoms with Crippen LogP contribution in [0.4, 0.5) is 17.3 Å². The fraction of sp³-hybridized carbons (Fsp3) is 0.231. The summed E-state index contributed by atoms with van der Waals surface area (Å²) in [5.41, 5.74) is 0.961. The van der Waals surface area contributed by atoms with Gasteiger partial charge in [-0.15, -0.1) is 0 Å². The average molecular weight is 386 g/mol. The van der Waals surface area contributed by atoms with Crippen molar-refractivity contribution in [1.29, 1.82) is 0 Å². The summed E-state index contributed by atoms with van der Waals surface area (Å²) < 4.78 is 1.82. The van der Waals surface area contributed by atoms with Crippen molar-refractivity contribution in [2.75, 3.05) is 17.2 Å². The summed E-state index contributed by atoms with van der Waals surface area (Å²) in [6, 6.07) is 7.91. The van der Waals surface area contributed by atoms with Crippen LogP contribution in [0.2, 0.25) is 0 Å². The van der Waals surface area contributed by atoms with Crippen LogP contribution in [-0.4, -0.2) is 16.5 Å². The Morgan fingerprint density at radius 1 is 1.11 bits per heavy atom. The lowest BCUT2D eigenvalue weighted by molar-refractivity contribution is 0.962. The molecule has 0 saturated carbocycles. The second-order valence-corrected chi connectivity index (χ2v) is 5.56. The molecule has 1 aromatic carbocycles. The lowest BCUT2D eigenvalue weighted by Crippen LogP contribution is -2.05. The van der Waals surface area contributed by atoms with Crippen molar-refractivity contribution >= 4 is 49.2 Å². The molecule has 4 nitrogen and oxygen atoms in total. The second kappa shape index (κ2) is 6.86. The topological polar surface area (TPSA) is 49.8 Å². The average Bonchev–Trinajstić information content (AvgIpc) is 2.42. The molecule has 0 bridgehead atoms. The molecule has 19 heavy (non-hydrogen) atoms. The van der Waals surface area contributed by atoms with Gasteiger partial charge in [-0.1, -0.05) is 19.1 Å². The summed E-state index contributed by atoms with van der Waals surface area (Å²) in [7, 11) is 0. The van der Waals surface area contributed by atoms with Crippen LogP contribution in [0.15, 0.2) is 39.5 Å². The molecule has 6 heteroatoms. The number of para-hydroxylation sites is 1. The molecule has 0 fully saturated rings. The van der Waals surface area contributed by atoms with Gasteiger partial charge in [-0.05, 0) is 50.4 Å². The molecule has 0 saturated heterocycles. The van der Waals surface area contributed by atoms with Crippen molar-refractivity contribution < 1.29 is 0 Å². The standard InChI is InChI=1S/C13H14Br2N4/c1-2-7-16-12-11(15)13(18-8-17-12)19-10-6-4-3-5-9(10)14/h3-6,8H,2,7H2,1H3,(H2,16,17,18,19). The minimum Gasteiger partial charge on any atom is -0.369 e. The minimum atomic E-state index is 0.737. The van der Waals surface area contributed by atoms with Crippen LogP contribution in [-0.2, 0) is 0 Å². The van der Waals surface area contributed by atoms with E-state index in [9.17, 15) is 0 Å². The van der Waals surface area contributed by atoms with Crippen LogP contribution < -0.4 is 10.6 Å². The number of hydrogen-bond acceptors (Lipinski definition) is 4. The molecule has 0 amide bonds. The van der Waals surface area contributed by atoms with E-state index in [4.69, 9.17) is 0 Å². The van der Waals surface area contributed by atoms with Gasteiger partial charge >= 0.3 is 0 Å². The molecule has 0 aliphatic carbocycles. The predicted molar refractivity (Wildman–Crippen MR) is 85.9 cm³/mol. The van der Waals surface area contributed by atoms with Crippen LogP contribution in [0.25, 0.3) is 0 Å². The lowest BCUT2D eigenvalue weighted by atomic mass is 10.3. The first-order valence-corrected chi connectivity index (χ1v) is 7.57. The Labute approximate surface area is 129 Å². The first kappa shape index (κ1) is 14.3. The van der Waals surface area contributed by atoms with Gasteiger partial charge in [0.25, 0.3) is 0 Å². The Morgan fingerprint density at radius 3 is 2.58 bits per heavy atom. The highest BCUT2D eigenvalue weighted by molar-refractivity contribution is 9.11. The molecule has 1 aromatic heterocycles. The minimum absolute atomic E-state index is 0.737. The van der Waals surface area contributed by atoms with Crippen molar-refractivity contribution in [2.45, 2.75) is 13.3 Å². The van der Waals surface area contributed by atoms with Gasteiger partial charge in [0, 0.05) is 11.0 Å². The van der Waals surface area contributed by atoms with E-state index in [2.05, 4.69) is 59.4 Å². The maximum Gasteiger partial charge on any atom is 0.150 e. The van der Waals surface area contributed by atoms with E-state index in [0.29, 0.717) is 0 Å². The third-order valence-corrected chi connectivity index (χ3v) is 3.90. The Morgan fingerprint density at radius 2 is 1.84 bits per heavy atom. The van der Waals surface area contributed by atoms with E-state index < -0.39 is 0 Å². The largest absolute Gasteiger partial charge is 0.369 e. The molecular formula is C13H14Br2N4. The molecule has 2 aromatic rings.